The number of nitrogens with two attached hydrogens (primary N) is 1. The number of fused-ring (bicyclic) bond motifs is 1. The van der Waals surface area contributed by atoms with Gasteiger partial charge in [0.2, 0.25) is 11.8 Å². The number of aryl methyl sites for hydroxylation is 1. The van der Waals surface area contributed by atoms with E-state index in [2.05, 4.69) is 23.3 Å². The maximum Gasteiger partial charge on any atom is 0.248 e. The number of primary amides is 1. The number of hydrogen-bond donors (Lipinski definition) is 2. The van der Waals surface area contributed by atoms with Gasteiger partial charge in [0, 0.05) is 47.4 Å². The Labute approximate surface area is 175 Å². The number of anilines is 2. The molecule has 2 amide bonds. The van der Waals surface area contributed by atoms with Crippen LogP contribution in [0.1, 0.15) is 47.9 Å². The Morgan fingerprint density at radius 1 is 1.17 bits per heavy atom. The van der Waals surface area contributed by atoms with Crippen LogP contribution in [-0.2, 0) is 4.79 Å². The minimum Gasteiger partial charge on any atom is -0.378 e. The zero-order chi connectivity index (χ0) is 21.4. The first kappa shape index (κ1) is 19.7. The van der Waals surface area contributed by atoms with Crippen molar-refractivity contribution >= 4 is 23.2 Å². The third-order valence-corrected chi connectivity index (χ3v) is 5.52. The van der Waals surface area contributed by atoms with Crippen LogP contribution in [0.15, 0.2) is 55.0 Å². The third-order valence-electron chi connectivity index (χ3n) is 5.52. The van der Waals surface area contributed by atoms with E-state index in [4.69, 9.17) is 5.73 Å². The Kier molecular flexibility index (Phi) is 5.03. The SMILES string of the molecule is CC(=O)N1c2ccc(-n3cnc(C)c3)cc2C(Nc2ccc(C(N)=O)cc2)CC1C. The molecular formula is C23H25N5O2. The molecule has 4 rings (SSSR count). The maximum atomic E-state index is 12.3. The van der Waals surface area contributed by atoms with Crippen molar-refractivity contribution in [3.05, 3.63) is 71.8 Å². The fraction of sp³-hybridized carbons (Fsp3) is 0.261. The molecule has 30 heavy (non-hydrogen) atoms. The van der Waals surface area contributed by atoms with E-state index in [0.29, 0.717) is 5.56 Å². The van der Waals surface area contributed by atoms with Crippen molar-refractivity contribution in [2.75, 3.05) is 10.2 Å². The van der Waals surface area contributed by atoms with Crippen molar-refractivity contribution in [1.82, 2.24) is 9.55 Å². The Morgan fingerprint density at radius 2 is 1.90 bits per heavy atom. The van der Waals surface area contributed by atoms with E-state index < -0.39 is 5.91 Å². The van der Waals surface area contributed by atoms with E-state index in [1.54, 1.807) is 25.4 Å². The fourth-order valence-corrected chi connectivity index (χ4v) is 4.12. The lowest BCUT2D eigenvalue weighted by atomic mass is 9.90. The zero-order valence-corrected chi connectivity index (χ0v) is 17.3. The lowest BCUT2D eigenvalue weighted by Gasteiger charge is -2.39. The highest BCUT2D eigenvalue weighted by molar-refractivity contribution is 5.94. The molecule has 0 saturated carbocycles. The molecule has 0 saturated heterocycles. The Bertz CT molecular complexity index is 1100. The number of aromatic nitrogens is 2. The van der Waals surface area contributed by atoms with Gasteiger partial charge >= 0.3 is 0 Å². The molecule has 2 unspecified atom stereocenters. The van der Waals surface area contributed by atoms with Gasteiger partial charge in [0.25, 0.3) is 0 Å². The van der Waals surface area contributed by atoms with Crippen LogP contribution < -0.4 is 16.0 Å². The third kappa shape index (κ3) is 3.66. The first-order valence-electron chi connectivity index (χ1n) is 9.94. The minimum absolute atomic E-state index is 0.00889. The van der Waals surface area contributed by atoms with E-state index in [1.165, 1.54) is 0 Å². The number of carbonyl (C=O) groups excluding carboxylic acids is 2. The number of amides is 2. The summed E-state index contributed by atoms with van der Waals surface area (Å²) in [6, 6.07) is 13.3. The van der Waals surface area contributed by atoms with Gasteiger partial charge in [0.05, 0.1) is 18.1 Å². The van der Waals surface area contributed by atoms with Gasteiger partial charge in [-0.05, 0) is 62.7 Å². The largest absolute Gasteiger partial charge is 0.378 e. The summed E-state index contributed by atoms with van der Waals surface area (Å²) in [4.78, 5) is 29.9. The van der Waals surface area contributed by atoms with Crippen molar-refractivity contribution in [3.63, 3.8) is 0 Å². The van der Waals surface area contributed by atoms with E-state index in [9.17, 15) is 9.59 Å². The van der Waals surface area contributed by atoms with Crippen molar-refractivity contribution in [2.24, 2.45) is 5.73 Å². The molecule has 154 valence electrons. The van der Waals surface area contributed by atoms with Crippen LogP contribution in [0.2, 0.25) is 0 Å². The smallest absolute Gasteiger partial charge is 0.248 e. The summed E-state index contributed by atoms with van der Waals surface area (Å²) in [6.45, 7) is 5.61. The number of benzene rings is 2. The van der Waals surface area contributed by atoms with Gasteiger partial charge < -0.3 is 20.5 Å². The number of rotatable bonds is 4. The Balaban J connectivity index is 1.73. The second-order valence-electron chi connectivity index (χ2n) is 7.78. The summed E-state index contributed by atoms with van der Waals surface area (Å²) < 4.78 is 1.98. The van der Waals surface area contributed by atoms with E-state index in [1.807, 2.05) is 46.9 Å². The van der Waals surface area contributed by atoms with Crippen LogP contribution in [-0.4, -0.2) is 27.4 Å². The normalized spacial score (nSPS) is 18.0. The minimum atomic E-state index is -0.449. The lowest BCUT2D eigenvalue weighted by Crippen LogP contribution is -2.43. The molecule has 2 aromatic carbocycles. The van der Waals surface area contributed by atoms with Crippen LogP contribution in [0.4, 0.5) is 11.4 Å². The number of hydrogen-bond acceptors (Lipinski definition) is 4. The molecule has 1 aliphatic heterocycles. The Hall–Kier alpha value is -3.61. The molecule has 7 heteroatoms. The number of nitrogens with one attached hydrogen (secondary N) is 1. The summed E-state index contributed by atoms with van der Waals surface area (Å²) in [7, 11) is 0. The first-order chi connectivity index (χ1) is 14.3. The molecule has 7 nitrogen and oxygen atoms in total. The summed E-state index contributed by atoms with van der Waals surface area (Å²) in [5.74, 6) is -0.421. The van der Waals surface area contributed by atoms with Gasteiger partial charge in [0.15, 0.2) is 0 Å². The standard InChI is InChI=1S/C23H25N5O2/c1-14-12-27(13-25-14)19-8-9-22-20(11-19)21(10-15(2)28(22)16(3)29)26-18-6-4-17(5-7-18)23(24)30/h4-9,11-13,15,21,26H,10H2,1-3H3,(H2,24,30). The fourth-order valence-electron chi connectivity index (χ4n) is 4.12. The molecule has 3 N–H and O–H groups in total. The van der Waals surface area contributed by atoms with Gasteiger partial charge in [-0.2, -0.15) is 0 Å². The summed E-state index contributed by atoms with van der Waals surface area (Å²) in [6.07, 6.45) is 4.52. The molecule has 1 aromatic heterocycles. The van der Waals surface area contributed by atoms with Crippen LogP contribution in [0, 0.1) is 6.92 Å². The van der Waals surface area contributed by atoms with Crippen molar-refractivity contribution in [2.45, 2.75) is 39.3 Å². The molecule has 1 aliphatic rings. The molecule has 0 spiro atoms. The van der Waals surface area contributed by atoms with E-state index in [0.717, 1.165) is 34.7 Å². The highest BCUT2D eigenvalue weighted by Crippen LogP contribution is 2.40. The van der Waals surface area contributed by atoms with Gasteiger partial charge in [-0.15, -0.1) is 0 Å². The Morgan fingerprint density at radius 3 is 2.50 bits per heavy atom. The highest BCUT2D eigenvalue weighted by atomic mass is 16.2. The summed E-state index contributed by atoms with van der Waals surface area (Å²) in [5.41, 5.74) is 10.6. The molecule has 2 atom stereocenters. The predicted molar refractivity (Wildman–Crippen MR) is 117 cm³/mol. The first-order valence-corrected chi connectivity index (χ1v) is 9.94. The lowest BCUT2D eigenvalue weighted by molar-refractivity contribution is -0.117. The average Bonchev–Trinajstić information content (AvgIpc) is 3.14. The summed E-state index contributed by atoms with van der Waals surface area (Å²) >= 11 is 0. The van der Waals surface area contributed by atoms with Gasteiger partial charge in [-0.1, -0.05) is 0 Å². The molecule has 0 fully saturated rings. The van der Waals surface area contributed by atoms with E-state index >= 15 is 0 Å². The quantitative estimate of drug-likeness (QED) is 0.696. The van der Waals surface area contributed by atoms with Crippen LogP contribution in [0.25, 0.3) is 5.69 Å². The molecule has 0 radical (unpaired) electrons. The van der Waals surface area contributed by atoms with Crippen molar-refractivity contribution in [1.29, 1.82) is 0 Å². The van der Waals surface area contributed by atoms with Gasteiger partial charge in [-0.25, -0.2) is 4.98 Å². The van der Waals surface area contributed by atoms with Crippen LogP contribution in [0.3, 0.4) is 0 Å². The molecule has 2 heterocycles. The molecular weight excluding hydrogens is 378 g/mol. The monoisotopic (exact) mass is 403 g/mol. The van der Waals surface area contributed by atoms with Gasteiger partial charge in [-0.3, -0.25) is 9.59 Å². The van der Waals surface area contributed by atoms with Crippen molar-refractivity contribution < 1.29 is 9.59 Å². The predicted octanol–water partition coefficient (Wildman–Crippen LogP) is 3.58. The topological polar surface area (TPSA) is 93.2 Å². The number of nitrogens with zero attached hydrogens (tertiary/aromatic N) is 3. The van der Waals surface area contributed by atoms with Crippen LogP contribution >= 0.6 is 0 Å². The van der Waals surface area contributed by atoms with Crippen LogP contribution in [0.5, 0.6) is 0 Å². The molecule has 0 bridgehead atoms. The zero-order valence-electron chi connectivity index (χ0n) is 17.3. The second kappa shape index (κ2) is 7.67. The van der Waals surface area contributed by atoms with E-state index in [-0.39, 0.29) is 18.0 Å². The number of imidazole rings is 1. The van der Waals surface area contributed by atoms with Crippen molar-refractivity contribution in [3.8, 4) is 5.69 Å². The average molecular weight is 403 g/mol. The highest BCUT2D eigenvalue weighted by Gasteiger charge is 2.32. The molecule has 0 aliphatic carbocycles. The summed E-state index contributed by atoms with van der Waals surface area (Å²) in [5, 5.41) is 3.56. The maximum absolute atomic E-state index is 12.3. The van der Waals surface area contributed by atoms with Gasteiger partial charge in [0.1, 0.15) is 0 Å². The number of carbonyl (C=O) groups is 2. The second-order valence-corrected chi connectivity index (χ2v) is 7.78. The molecule has 3 aromatic rings.